The second kappa shape index (κ2) is 19.9. The van der Waals surface area contributed by atoms with E-state index < -0.39 is 5.41 Å². The van der Waals surface area contributed by atoms with Crippen molar-refractivity contribution in [2.75, 3.05) is 9.80 Å². The van der Waals surface area contributed by atoms with Gasteiger partial charge in [0.05, 0.1) is 21.1 Å². The quantitative estimate of drug-likeness (QED) is 0.128. The largest absolute Gasteiger partial charge is 0.310 e. The van der Waals surface area contributed by atoms with Crippen molar-refractivity contribution in [1.82, 2.24) is 4.57 Å². The van der Waals surface area contributed by atoms with Crippen LogP contribution in [-0.4, -0.2) is 4.57 Å². The summed E-state index contributed by atoms with van der Waals surface area (Å²) in [5, 5.41) is 4.93. The number of nitrogens with zero attached hydrogens (tertiary/aromatic N) is 3. The Bertz CT molecular complexity index is 4840. The third-order valence-electron chi connectivity index (χ3n) is 17.0. The summed E-state index contributed by atoms with van der Waals surface area (Å²) in [5.74, 6) is 0. The van der Waals surface area contributed by atoms with Gasteiger partial charge >= 0.3 is 0 Å². The number of hydrogen-bond donors (Lipinski definition) is 0. The first kappa shape index (κ1) is 48.4. The van der Waals surface area contributed by atoms with Crippen molar-refractivity contribution in [1.29, 1.82) is 0 Å². The Morgan fingerprint density at radius 2 is 0.795 bits per heavy atom. The molecule has 3 nitrogen and oxygen atoms in total. The van der Waals surface area contributed by atoms with E-state index in [1.54, 1.807) is 0 Å². The van der Waals surface area contributed by atoms with Gasteiger partial charge in [-0.1, -0.05) is 224 Å². The van der Waals surface area contributed by atoms with Gasteiger partial charge in [-0.3, -0.25) is 0 Å². The number of anilines is 6. The Kier molecular flexibility index (Phi) is 11.6. The van der Waals surface area contributed by atoms with Crippen LogP contribution in [0.4, 0.5) is 34.1 Å². The molecule has 0 unspecified atom stereocenters. The first-order chi connectivity index (χ1) is 41.2. The number of rotatable bonds is 11. The lowest BCUT2D eigenvalue weighted by Gasteiger charge is -2.35. The van der Waals surface area contributed by atoms with Crippen molar-refractivity contribution >= 4 is 87.4 Å². The normalized spacial score (nSPS) is 12.4. The van der Waals surface area contributed by atoms with E-state index in [4.69, 9.17) is 0 Å². The van der Waals surface area contributed by atoms with Crippen LogP contribution in [0.3, 0.4) is 0 Å². The second-order valence-electron chi connectivity index (χ2n) is 21.6. The zero-order valence-electron chi connectivity index (χ0n) is 45.3. The van der Waals surface area contributed by atoms with Crippen LogP contribution in [0.5, 0.6) is 0 Å². The average Bonchev–Trinajstić information content (AvgIpc) is 4.43. The van der Waals surface area contributed by atoms with Crippen LogP contribution in [-0.2, 0) is 5.41 Å². The Morgan fingerprint density at radius 3 is 1.46 bits per heavy atom. The molecule has 0 N–H and O–H groups in total. The van der Waals surface area contributed by atoms with Crippen molar-refractivity contribution in [2.24, 2.45) is 0 Å². The van der Waals surface area contributed by atoms with Crippen LogP contribution in [0.15, 0.2) is 322 Å². The number of hydrogen-bond acceptors (Lipinski definition) is 3. The molecule has 0 spiro atoms. The lowest BCUT2D eigenvalue weighted by atomic mass is 9.67. The fourth-order valence-corrected chi connectivity index (χ4v) is 14.7. The molecule has 4 heteroatoms. The summed E-state index contributed by atoms with van der Waals surface area (Å²) in [6.45, 7) is 0. The number of aromatic nitrogens is 1. The minimum atomic E-state index is -0.588. The van der Waals surface area contributed by atoms with Crippen molar-refractivity contribution in [3.63, 3.8) is 0 Å². The van der Waals surface area contributed by atoms with Crippen molar-refractivity contribution in [2.45, 2.75) is 5.41 Å². The molecule has 1 aliphatic rings. The molecule has 0 saturated heterocycles. The predicted molar refractivity (Wildman–Crippen MR) is 351 cm³/mol. The summed E-state index contributed by atoms with van der Waals surface area (Å²) < 4.78 is 5.00. The van der Waals surface area contributed by atoms with Crippen LogP contribution >= 0.6 is 11.3 Å². The molecule has 0 aliphatic heterocycles. The summed E-state index contributed by atoms with van der Waals surface area (Å²) >= 11 is 1.89. The number of thiophene rings is 1. The molecule has 0 amide bonds. The van der Waals surface area contributed by atoms with Gasteiger partial charge in [-0.05, 0) is 153 Å². The van der Waals surface area contributed by atoms with Gasteiger partial charge in [0.25, 0.3) is 0 Å². The van der Waals surface area contributed by atoms with Crippen LogP contribution in [0.2, 0.25) is 0 Å². The molecule has 0 saturated carbocycles. The van der Waals surface area contributed by atoms with Crippen molar-refractivity contribution in [3.05, 3.63) is 344 Å². The zero-order valence-corrected chi connectivity index (χ0v) is 46.2. The first-order valence-electron chi connectivity index (χ1n) is 28.5. The van der Waals surface area contributed by atoms with Crippen LogP contribution in [0, 0.1) is 0 Å². The van der Waals surface area contributed by atoms with Gasteiger partial charge in [-0.2, -0.15) is 0 Å². The van der Waals surface area contributed by atoms with Crippen LogP contribution < -0.4 is 9.80 Å². The Hall–Kier alpha value is -10.5. The summed E-state index contributed by atoms with van der Waals surface area (Å²) in [6.07, 6.45) is 0. The molecule has 0 fully saturated rings. The maximum Gasteiger partial charge on any atom is 0.0720 e. The number of fused-ring (bicyclic) bond motifs is 10. The van der Waals surface area contributed by atoms with E-state index in [0.29, 0.717) is 0 Å². The Labute approximate surface area is 487 Å². The molecule has 16 rings (SSSR count). The minimum absolute atomic E-state index is 0.588. The van der Waals surface area contributed by atoms with Crippen LogP contribution in [0.25, 0.3) is 81.0 Å². The molecule has 13 aromatic carbocycles. The smallest absolute Gasteiger partial charge is 0.0720 e. The van der Waals surface area contributed by atoms with Gasteiger partial charge in [-0.15, -0.1) is 11.3 Å². The van der Waals surface area contributed by atoms with E-state index in [2.05, 4.69) is 336 Å². The fourth-order valence-electron chi connectivity index (χ4n) is 13.5. The highest BCUT2D eigenvalue weighted by Gasteiger charge is 2.46. The molecule has 2 heterocycles. The third kappa shape index (κ3) is 7.86. The number of para-hydroxylation sites is 4. The third-order valence-corrected chi connectivity index (χ3v) is 18.2. The van der Waals surface area contributed by atoms with Gasteiger partial charge in [0.15, 0.2) is 0 Å². The lowest BCUT2D eigenvalue weighted by Crippen LogP contribution is -2.28. The number of benzene rings is 13. The van der Waals surface area contributed by atoms with Crippen molar-refractivity contribution < 1.29 is 0 Å². The Balaban J connectivity index is 1.00. The molecule has 0 bridgehead atoms. The predicted octanol–water partition coefficient (Wildman–Crippen LogP) is 21.8. The summed E-state index contributed by atoms with van der Waals surface area (Å²) in [7, 11) is 0. The highest BCUT2D eigenvalue weighted by molar-refractivity contribution is 7.26. The lowest BCUT2D eigenvalue weighted by molar-refractivity contribution is 0.768. The first-order valence-corrected chi connectivity index (χ1v) is 29.3. The van der Waals surface area contributed by atoms with E-state index in [9.17, 15) is 0 Å². The SMILES string of the molecule is c1ccc(-c2ccc(N(c3ccccc3)c3cc(-c4cc5c6ccccc6n(-c6ccccc6)c5c5sc6ccccc6c45)cc(N(c4ccccc4)c4ccc5c(c4)C(c4ccccc4)(c4ccccc4)c4ccccc4-5)c3)cc2)cc1. The summed E-state index contributed by atoms with van der Waals surface area (Å²) in [5.41, 5.74) is 21.4. The molecule has 83 heavy (non-hydrogen) atoms. The van der Waals surface area contributed by atoms with E-state index in [-0.39, 0.29) is 0 Å². The molecule has 0 atom stereocenters. The van der Waals surface area contributed by atoms with E-state index in [0.717, 1.165) is 45.4 Å². The van der Waals surface area contributed by atoms with E-state index in [1.165, 1.54) is 92.0 Å². The second-order valence-corrected chi connectivity index (χ2v) is 22.6. The highest BCUT2D eigenvalue weighted by atomic mass is 32.1. The molecular weight excluding hydrogens is 1020 g/mol. The molecule has 390 valence electrons. The molecule has 2 aromatic heterocycles. The molecule has 1 aliphatic carbocycles. The van der Waals surface area contributed by atoms with Gasteiger partial charge < -0.3 is 14.4 Å². The van der Waals surface area contributed by atoms with Gasteiger partial charge in [0.1, 0.15) is 0 Å². The maximum atomic E-state index is 2.50. The summed E-state index contributed by atoms with van der Waals surface area (Å²) in [4.78, 5) is 4.92. The maximum absolute atomic E-state index is 2.50. The van der Waals surface area contributed by atoms with E-state index >= 15 is 0 Å². The fraction of sp³-hybridized carbons (Fsp3) is 0.0127. The van der Waals surface area contributed by atoms with Crippen molar-refractivity contribution in [3.8, 4) is 39.1 Å². The molecule has 15 aromatic rings. The minimum Gasteiger partial charge on any atom is -0.310 e. The van der Waals surface area contributed by atoms with Gasteiger partial charge in [-0.25, -0.2) is 0 Å². The monoisotopic (exact) mass is 1080 g/mol. The Morgan fingerprint density at radius 1 is 0.301 bits per heavy atom. The molecular formula is C79H53N3S. The molecule has 0 radical (unpaired) electrons. The summed E-state index contributed by atoms with van der Waals surface area (Å²) in [6, 6.07) is 119. The van der Waals surface area contributed by atoms with E-state index in [1.807, 2.05) is 11.3 Å². The van der Waals surface area contributed by atoms with Crippen LogP contribution in [0.1, 0.15) is 22.3 Å². The average molecular weight is 1080 g/mol. The zero-order chi connectivity index (χ0) is 54.8. The standard InChI is InChI=1S/C79H53N3S/c1-7-25-54(26-8-1)55-43-45-62(46-44-55)80(59-31-13-4-14-32-59)64-49-56(70-53-71-68-38-20-23-41-74(68)82(61-35-17-6-18-36-61)77(71)78-76(70)69-39-21-24-42-75(69)83-78)50-65(51-64)81(60-33-15-5-16-34-60)63-47-48-67-66-37-19-22-40-72(66)79(73(67)52-63,57-27-9-2-10-28-57)58-29-11-3-12-30-58/h1-53H. The topological polar surface area (TPSA) is 11.4 Å². The van der Waals surface area contributed by atoms with Gasteiger partial charge in [0, 0.05) is 66.1 Å². The highest BCUT2D eigenvalue weighted by Crippen LogP contribution is 2.58. The van der Waals surface area contributed by atoms with Gasteiger partial charge in [0.2, 0.25) is 0 Å².